The molecule has 1 atom stereocenters. The Kier molecular flexibility index (Phi) is 2.89. The topological polar surface area (TPSA) is 104 Å². The van der Waals surface area contributed by atoms with Crippen LogP contribution in [0, 0.1) is 0 Å². The molecule has 0 heterocycles. The van der Waals surface area contributed by atoms with Gasteiger partial charge in [0.2, 0.25) is 10.0 Å². The largest absolute Gasteiger partial charge is 0.480 e. The van der Waals surface area contributed by atoms with Gasteiger partial charge in [-0.05, 0) is 12.8 Å². The number of hydrogen-bond acceptors (Lipinski definition) is 4. The first kappa shape index (κ1) is 10.4. The van der Waals surface area contributed by atoms with Crippen LogP contribution in [0.3, 0.4) is 0 Å². The fourth-order valence-corrected chi connectivity index (χ4v) is 2.36. The van der Waals surface area contributed by atoms with Gasteiger partial charge in [0.15, 0.2) is 0 Å². The summed E-state index contributed by atoms with van der Waals surface area (Å²) in [5, 5.41) is 16.5. The minimum atomic E-state index is -3.53. The smallest absolute Gasteiger partial charge is 0.324 e. The molecule has 1 fully saturated rings. The lowest BCUT2D eigenvalue weighted by Crippen LogP contribution is -2.44. The van der Waals surface area contributed by atoms with E-state index in [0.717, 1.165) is 0 Å². The molecule has 1 aliphatic carbocycles. The Balaban J connectivity index is 2.59. The maximum Gasteiger partial charge on any atom is 0.324 e. The highest BCUT2D eigenvalue weighted by atomic mass is 32.2. The van der Waals surface area contributed by atoms with E-state index in [0.29, 0.717) is 12.8 Å². The molecule has 3 N–H and O–H groups in total. The monoisotopic (exact) mass is 209 g/mol. The van der Waals surface area contributed by atoms with Gasteiger partial charge in [0.1, 0.15) is 6.04 Å². The van der Waals surface area contributed by atoms with Crippen molar-refractivity contribution in [2.45, 2.75) is 24.1 Å². The molecule has 1 saturated carbocycles. The summed E-state index contributed by atoms with van der Waals surface area (Å²) in [6.07, 6.45) is 1.13. The Morgan fingerprint density at radius 1 is 1.54 bits per heavy atom. The molecule has 0 unspecified atom stereocenters. The number of aliphatic carboxylic acids is 1. The van der Waals surface area contributed by atoms with Crippen LogP contribution in [0.2, 0.25) is 0 Å². The standard InChI is InChI=1S/C6H11NO5S/c8-3-5(6(9)10)7-13(11,12)4-1-2-4/h4-5,7-8H,1-3H2,(H,9,10)/t5-/m0/s1. The Morgan fingerprint density at radius 2 is 2.08 bits per heavy atom. The molecule has 0 spiro atoms. The molecule has 0 aliphatic heterocycles. The normalized spacial score (nSPS) is 19.8. The van der Waals surface area contributed by atoms with Crippen LogP contribution in [0.25, 0.3) is 0 Å². The zero-order valence-electron chi connectivity index (χ0n) is 6.80. The van der Waals surface area contributed by atoms with Gasteiger partial charge in [0.25, 0.3) is 0 Å². The summed E-state index contributed by atoms with van der Waals surface area (Å²) in [5.41, 5.74) is 0. The van der Waals surface area contributed by atoms with Crippen molar-refractivity contribution in [3.05, 3.63) is 0 Å². The van der Waals surface area contributed by atoms with Gasteiger partial charge in [-0.3, -0.25) is 4.79 Å². The summed E-state index contributed by atoms with van der Waals surface area (Å²) in [7, 11) is -3.53. The highest BCUT2D eigenvalue weighted by Gasteiger charge is 2.38. The lowest BCUT2D eigenvalue weighted by Gasteiger charge is -2.10. The lowest BCUT2D eigenvalue weighted by atomic mass is 10.3. The van der Waals surface area contributed by atoms with Crippen LogP contribution in [0.15, 0.2) is 0 Å². The number of aliphatic hydroxyl groups is 1. The SMILES string of the molecule is O=C(O)[C@H](CO)NS(=O)(=O)C1CC1. The molecule has 6 nitrogen and oxygen atoms in total. The van der Waals surface area contributed by atoms with Crippen molar-refractivity contribution in [2.75, 3.05) is 6.61 Å². The number of hydrogen-bond donors (Lipinski definition) is 3. The van der Waals surface area contributed by atoms with Crippen molar-refractivity contribution in [1.29, 1.82) is 0 Å². The molecule has 0 radical (unpaired) electrons. The zero-order chi connectivity index (χ0) is 10.1. The number of carbonyl (C=O) groups is 1. The van der Waals surface area contributed by atoms with E-state index in [4.69, 9.17) is 10.2 Å². The average Bonchev–Trinajstić information content (AvgIpc) is 2.81. The van der Waals surface area contributed by atoms with Gasteiger partial charge in [0.05, 0.1) is 11.9 Å². The maximum absolute atomic E-state index is 11.2. The Hall–Kier alpha value is -0.660. The predicted molar refractivity (Wildman–Crippen MR) is 43.6 cm³/mol. The minimum absolute atomic E-state index is 0.471. The van der Waals surface area contributed by atoms with Crippen molar-refractivity contribution in [1.82, 2.24) is 4.72 Å². The first-order valence-electron chi connectivity index (χ1n) is 3.82. The van der Waals surface area contributed by atoms with Gasteiger partial charge >= 0.3 is 5.97 Å². The highest BCUT2D eigenvalue weighted by Crippen LogP contribution is 2.27. The number of aliphatic hydroxyl groups excluding tert-OH is 1. The zero-order valence-corrected chi connectivity index (χ0v) is 7.62. The Labute approximate surface area is 75.6 Å². The van der Waals surface area contributed by atoms with E-state index in [1.807, 2.05) is 4.72 Å². The maximum atomic E-state index is 11.2. The van der Waals surface area contributed by atoms with Gasteiger partial charge in [-0.1, -0.05) is 0 Å². The van der Waals surface area contributed by atoms with Crippen LogP contribution < -0.4 is 4.72 Å². The molecule has 0 aromatic carbocycles. The van der Waals surface area contributed by atoms with E-state index in [1.165, 1.54) is 0 Å². The predicted octanol–water partition coefficient (Wildman–Crippen LogP) is -1.49. The van der Waals surface area contributed by atoms with Crippen molar-refractivity contribution in [3.8, 4) is 0 Å². The van der Waals surface area contributed by atoms with Crippen LogP contribution in [0.5, 0.6) is 0 Å². The fraction of sp³-hybridized carbons (Fsp3) is 0.833. The summed E-state index contributed by atoms with van der Waals surface area (Å²) in [5.74, 6) is -1.37. The van der Waals surface area contributed by atoms with Crippen LogP contribution in [0.1, 0.15) is 12.8 Å². The molecule has 0 saturated heterocycles. The van der Waals surface area contributed by atoms with Crippen molar-refractivity contribution < 1.29 is 23.4 Å². The second-order valence-corrected chi connectivity index (χ2v) is 4.93. The van der Waals surface area contributed by atoms with Gasteiger partial charge in [-0.2, -0.15) is 4.72 Å². The molecule has 1 aliphatic rings. The highest BCUT2D eigenvalue weighted by molar-refractivity contribution is 7.90. The molecule has 0 aromatic rings. The third-order valence-electron chi connectivity index (χ3n) is 1.75. The summed E-state index contributed by atoms with van der Waals surface area (Å²) in [4.78, 5) is 10.4. The Bertz CT molecular complexity index is 294. The van der Waals surface area contributed by atoms with E-state index in [-0.39, 0.29) is 0 Å². The molecular weight excluding hydrogens is 198 g/mol. The Morgan fingerprint density at radius 3 is 2.38 bits per heavy atom. The van der Waals surface area contributed by atoms with E-state index >= 15 is 0 Å². The summed E-state index contributed by atoms with van der Waals surface area (Å²) in [6.45, 7) is -0.735. The fourth-order valence-electron chi connectivity index (χ4n) is 0.839. The lowest BCUT2D eigenvalue weighted by molar-refractivity contribution is -0.139. The van der Waals surface area contributed by atoms with Crippen molar-refractivity contribution in [3.63, 3.8) is 0 Å². The molecule has 1 rings (SSSR count). The third kappa shape index (κ3) is 2.64. The molecule has 13 heavy (non-hydrogen) atoms. The number of carboxylic acid groups (broad SMARTS) is 1. The van der Waals surface area contributed by atoms with Gasteiger partial charge in [-0.15, -0.1) is 0 Å². The van der Waals surface area contributed by atoms with Gasteiger partial charge in [0, 0.05) is 0 Å². The quantitative estimate of drug-likeness (QED) is 0.512. The molecule has 0 amide bonds. The minimum Gasteiger partial charge on any atom is -0.480 e. The number of nitrogens with one attached hydrogen (secondary N) is 1. The summed E-state index contributed by atoms with van der Waals surface area (Å²) < 4.78 is 24.3. The van der Waals surface area contributed by atoms with E-state index in [9.17, 15) is 13.2 Å². The number of carboxylic acids is 1. The first-order valence-corrected chi connectivity index (χ1v) is 5.37. The molecule has 0 aromatic heterocycles. The van der Waals surface area contributed by atoms with Crippen molar-refractivity contribution >= 4 is 16.0 Å². The van der Waals surface area contributed by atoms with Crippen molar-refractivity contribution in [2.24, 2.45) is 0 Å². The molecule has 0 bridgehead atoms. The van der Waals surface area contributed by atoms with Crippen LogP contribution in [0.4, 0.5) is 0 Å². The molecule has 7 heteroatoms. The van der Waals surface area contributed by atoms with E-state index < -0.39 is 33.9 Å². The number of sulfonamides is 1. The van der Waals surface area contributed by atoms with E-state index in [1.54, 1.807) is 0 Å². The van der Waals surface area contributed by atoms with E-state index in [2.05, 4.69) is 0 Å². The molecule has 76 valence electrons. The second kappa shape index (κ2) is 3.60. The van der Waals surface area contributed by atoms with Gasteiger partial charge in [-0.25, -0.2) is 8.42 Å². The third-order valence-corrected chi connectivity index (χ3v) is 3.71. The number of rotatable bonds is 5. The van der Waals surface area contributed by atoms with Crippen LogP contribution in [-0.4, -0.2) is 42.5 Å². The summed E-state index contributed by atoms with van der Waals surface area (Å²) >= 11 is 0. The molecular formula is C6H11NO5S. The van der Waals surface area contributed by atoms with Crippen LogP contribution in [-0.2, 0) is 14.8 Å². The van der Waals surface area contributed by atoms with Crippen LogP contribution >= 0.6 is 0 Å². The summed E-state index contributed by atoms with van der Waals surface area (Å²) in [6, 6.07) is -1.43. The average molecular weight is 209 g/mol. The second-order valence-electron chi connectivity index (χ2n) is 2.94. The first-order chi connectivity index (χ1) is 5.97. The van der Waals surface area contributed by atoms with Gasteiger partial charge < -0.3 is 10.2 Å².